The molecule has 5 heteroatoms. The van der Waals surface area contributed by atoms with Crippen molar-refractivity contribution >= 4 is 11.7 Å². The zero-order valence-electron chi connectivity index (χ0n) is 12.3. The average molecular weight is 264 g/mol. The van der Waals surface area contributed by atoms with Crippen molar-refractivity contribution in [3.63, 3.8) is 0 Å². The topological polar surface area (TPSA) is 62.5 Å². The highest BCUT2D eigenvalue weighted by atomic mass is 16.2. The lowest BCUT2D eigenvalue weighted by Gasteiger charge is -2.25. The summed E-state index contributed by atoms with van der Waals surface area (Å²) in [5.74, 6) is 0.904. The van der Waals surface area contributed by atoms with Crippen molar-refractivity contribution in [2.24, 2.45) is 5.73 Å². The van der Waals surface area contributed by atoms with Crippen LogP contribution < -0.4 is 10.6 Å². The molecule has 0 aliphatic rings. The van der Waals surface area contributed by atoms with E-state index in [1.165, 1.54) is 0 Å². The number of likely N-dealkylation sites (N-methyl/N-ethyl adjacent to an activating group) is 2. The number of aryl methyl sites for hydroxylation is 1. The van der Waals surface area contributed by atoms with E-state index >= 15 is 0 Å². The van der Waals surface area contributed by atoms with Gasteiger partial charge in [0.2, 0.25) is 5.91 Å². The number of carbonyl (C=O) groups excluding carboxylic acids is 1. The minimum absolute atomic E-state index is 0.110. The monoisotopic (exact) mass is 264 g/mol. The highest BCUT2D eigenvalue weighted by molar-refractivity contribution is 5.81. The van der Waals surface area contributed by atoms with Gasteiger partial charge >= 0.3 is 0 Å². The molecule has 0 bridgehead atoms. The lowest BCUT2D eigenvalue weighted by Crippen LogP contribution is -2.39. The van der Waals surface area contributed by atoms with Gasteiger partial charge in [-0.3, -0.25) is 4.79 Å². The maximum atomic E-state index is 12.1. The number of aromatic nitrogens is 1. The van der Waals surface area contributed by atoms with Gasteiger partial charge in [-0.25, -0.2) is 4.98 Å². The summed E-state index contributed by atoms with van der Waals surface area (Å²) < 4.78 is 0. The molecule has 0 fully saturated rings. The number of amides is 1. The van der Waals surface area contributed by atoms with Crippen molar-refractivity contribution in [2.75, 3.05) is 31.6 Å². The number of nitrogens with zero attached hydrogens (tertiary/aromatic N) is 3. The quantitative estimate of drug-likeness (QED) is 0.837. The molecule has 5 nitrogen and oxygen atoms in total. The SMILES string of the molecule is CCN(CC)C(=O)CN(C)c1nc(C)ccc1CN. The molecule has 0 radical (unpaired) electrons. The van der Waals surface area contributed by atoms with E-state index in [9.17, 15) is 4.79 Å². The third kappa shape index (κ3) is 3.92. The molecule has 0 aliphatic heterocycles. The Morgan fingerprint density at radius 2 is 1.95 bits per heavy atom. The predicted molar refractivity (Wildman–Crippen MR) is 78.1 cm³/mol. The van der Waals surface area contributed by atoms with Gasteiger partial charge in [0.05, 0.1) is 6.54 Å². The summed E-state index contributed by atoms with van der Waals surface area (Å²) in [6.45, 7) is 8.11. The fourth-order valence-corrected chi connectivity index (χ4v) is 2.02. The number of rotatable bonds is 6. The Kier molecular flexibility index (Phi) is 5.76. The molecular formula is C14H24N4O. The molecular weight excluding hydrogens is 240 g/mol. The lowest BCUT2D eigenvalue weighted by molar-refractivity contribution is -0.129. The van der Waals surface area contributed by atoms with Gasteiger partial charge in [0.1, 0.15) is 5.82 Å². The van der Waals surface area contributed by atoms with Crippen molar-refractivity contribution in [3.8, 4) is 0 Å². The van der Waals surface area contributed by atoms with Crippen LogP contribution in [0.1, 0.15) is 25.1 Å². The zero-order valence-corrected chi connectivity index (χ0v) is 12.3. The van der Waals surface area contributed by atoms with Gasteiger partial charge in [0.15, 0.2) is 0 Å². The normalized spacial score (nSPS) is 10.4. The van der Waals surface area contributed by atoms with Gasteiger partial charge in [-0.2, -0.15) is 0 Å². The number of hydrogen-bond acceptors (Lipinski definition) is 4. The first-order valence-corrected chi connectivity index (χ1v) is 6.68. The van der Waals surface area contributed by atoms with E-state index in [0.717, 1.165) is 30.2 Å². The molecule has 0 aliphatic carbocycles. The van der Waals surface area contributed by atoms with Crippen molar-refractivity contribution < 1.29 is 4.79 Å². The molecule has 106 valence electrons. The number of nitrogens with two attached hydrogens (primary N) is 1. The minimum atomic E-state index is 0.110. The van der Waals surface area contributed by atoms with Crippen molar-refractivity contribution in [1.82, 2.24) is 9.88 Å². The van der Waals surface area contributed by atoms with E-state index in [0.29, 0.717) is 13.1 Å². The van der Waals surface area contributed by atoms with E-state index < -0.39 is 0 Å². The van der Waals surface area contributed by atoms with E-state index in [1.807, 2.05) is 49.8 Å². The van der Waals surface area contributed by atoms with Crippen LogP contribution in [0.15, 0.2) is 12.1 Å². The maximum Gasteiger partial charge on any atom is 0.242 e. The van der Waals surface area contributed by atoms with Crippen LogP contribution in [-0.2, 0) is 11.3 Å². The Hall–Kier alpha value is -1.62. The fraction of sp³-hybridized carbons (Fsp3) is 0.571. The molecule has 0 saturated heterocycles. The second-order valence-electron chi connectivity index (χ2n) is 4.56. The molecule has 19 heavy (non-hydrogen) atoms. The van der Waals surface area contributed by atoms with Crippen molar-refractivity contribution in [2.45, 2.75) is 27.3 Å². The highest BCUT2D eigenvalue weighted by Crippen LogP contribution is 2.16. The van der Waals surface area contributed by atoms with Gasteiger partial charge in [0, 0.05) is 37.9 Å². The maximum absolute atomic E-state index is 12.1. The van der Waals surface area contributed by atoms with Crippen LogP contribution in [0.3, 0.4) is 0 Å². The largest absolute Gasteiger partial charge is 0.350 e. The summed E-state index contributed by atoms with van der Waals surface area (Å²) in [6, 6.07) is 3.90. The average Bonchev–Trinajstić information content (AvgIpc) is 2.40. The van der Waals surface area contributed by atoms with Crippen molar-refractivity contribution in [3.05, 3.63) is 23.4 Å². The minimum Gasteiger partial charge on any atom is -0.350 e. The second-order valence-corrected chi connectivity index (χ2v) is 4.56. The molecule has 0 aromatic carbocycles. The van der Waals surface area contributed by atoms with Crippen LogP contribution in [0.5, 0.6) is 0 Å². The van der Waals surface area contributed by atoms with Crippen LogP contribution in [0.25, 0.3) is 0 Å². The number of anilines is 1. The molecule has 1 rings (SSSR count). The lowest BCUT2D eigenvalue weighted by atomic mass is 10.2. The van der Waals surface area contributed by atoms with Crippen LogP contribution in [0, 0.1) is 6.92 Å². The van der Waals surface area contributed by atoms with Crippen molar-refractivity contribution in [1.29, 1.82) is 0 Å². The predicted octanol–water partition coefficient (Wildman–Crippen LogP) is 1.15. The summed E-state index contributed by atoms with van der Waals surface area (Å²) in [5.41, 5.74) is 7.60. The summed E-state index contributed by atoms with van der Waals surface area (Å²) in [7, 11) is 1.88. The Morgan fingerprint density at radius 1 is 1.32 bits per heavy atom. The van der Waals surface area contributed by atoms with Crippen LogP contribution in [0.4, 0.5) is 5.82 Å². The number of hydrogen-bond donors (Lipinski definition) is 1. The fourth-order valence-electron chi connectivity index (χ4n) is 2.02. The van der Waals surface area contributed by atoms with E-state index in [2.05, 4.69) is 4.98 Å². The Morgan fingerprint density at radius 3 is 2.47 bits per heavy atom. The number of pyridine rings is 1. The van der Waals surface area contributed by atoms with E-state index in [4.69, 9.17) is 5.73 Å². The Balaban J connectivity index is 2.85. The first-order valence-electron chi connectivity index (χ1n) is 6.68. The summed E-state index contributed by atoms with van der Waals surface area (Å²) >= 11 is 0. The third-order valence-corrected chi connectivity index (χ3v) is 3.17. The Labute approximate surface area is 115 Å². The van der Waals surface area contributed by atoms with Gasteiger partial charge < -0.3 is 15.5 Å². The third-order valence-electron chi connectivity index (χ3n) is 3.17. The van der Waals surface area contributed by atoms with E-state index in [-0.39, 0.29) is 5.91 Å². The summed E-state index contributed by atoms with van der Waals surface area (Å²) in [5, 5.41) is 0. The first kappa shape index (κ1) is 15.4. The molecule has 0 atom stereocenters. The van der Waals surface area contributed by atoms with Crippen LogP contribution in [0.2, 0.25) is 0 Å². The van der Waals surface area contributed by atoms with Gasteiger partial charge in [0.25, 0.3) is 0 Å². The Bertz CT molecular complexity index is 429. The highest BCUT2D eigenvalue weighted by Gasteiger charge is 2.15. The summed E-state index contributed by atoms with van der Waals surface area (Å²) in [4.78, 5) is 20.3. The van der Waals surface area contributed by atoms with Gasteiger partial charge in [-0.15, -0.1) is 0 Å². The van der Waals surface area contributed by atoms with Crippen LogP contribution >= 0.6 is 0 Å². The molecule has 1 heterocycles. The van der Waals surface area contributed by atoms with E-state index in [1.54, 1.807) is 0 Å². The molecule has 1 aromatic rings. The molecule has 0 saturated carbocycles. The molecule has 1 amide bonds. The zero-order chi connectivity index (χ0) is 14.4. The summed E-state index contributed by atoms with van der Waals surface area (Å²) in [6.07, 6.45) is 0. The molecule has 1 aromatic heterocycles. The standard InChI is InChI=1S/C14H24N4O/c1-5-18(6-2)13(19)10-17(4)14-12(9-15)8-7-11(3)16-14/h7-8H,5-6,9-10,15H2,1-4H3. The molecule has 0 unspecified atom stereocenters. The number of carbonyl (C=O) groups is 1. The molecule has 0 spiro atoms. The second kappa shape index (κ2) is 7.09. The van der Waals surface area contributed by atoms with Gasteiger partial charge in [-0.1, -0.05) is 6.07 Å². The molecule has 2 N–H and O–H groups in total. The van der Waals surface area contributed by atoms with Crippen LogP contribution in [-0.4, -0.2) is 42.5 Å². The smallest absolute Gasteiger partial charge is 0.242 e. The van der Waals surface area contributed by atoms with Gasteiger partial charge in [-0.05, 0) is 26.8 Å². The first-order chi connectivity index (χ1) is 9.03.